The van der Waals surface area contributed by atoms with Gasteiger partial charge >= 0.3 is 5.97 Å². The molecule has 19 heavy (non-hydrogen) atoms. The number of carboxylic acid groups (broad SMARTS) is 1. The van der Waals surface area contributed by atoms with E-state index in [1.807, 2.05) is 0 Å². The summed E-state index contributed by atoms with van der Waals surface area (Å²) in [5, 5.41) is 8.44. The van der Waals surface area contributed by atoms with Crippen LogP contribution < -0.4 is 4.72 Å². The molecule has 0 amide bonds. The molecule has 0 fully saturated rings. The number of aliphatic carboxylic acids is 1. The van der Waals surface area contributed by atoms with E-state index in [0.717, 1.165) is 5.56 Å². The molecule has 0 heterocycles. The number of carbonyl (C=O) groups is 1. The van der Waals surface area contributed by atoms with Crippen molar-refractivity contribution in [2.75, 3.05) is 5.75 Å². The molecule has 1 rings (SSSR count). The van der Waals surface area contributed by atoms with Crippen molar-refractivity contribution in [2.45, 2.75) is 25.8 Å². The summed E-state index contributed by atoms with van der Waals surface area (Å²) in [5.41, 5.74) is 0.801. The zero-order valence-electron chi connectivity index (χ0n) is 10.5. The lowest BCUT2D eigenvalue weighted by atomic mass is 10.1. The minimum Gasteiger partial charge on any atom is -0.481 e. The Morgan fingerprint density at radius 2 is 1.95 bits per heavy atom. The van der Waals surface area contributed by atoms with Gasteiger partial charge in [0, 0.05) is 6.04 Å². The third-order valence-electron chi connectivity index (χ3n) is 2.42. The van der Waals surface area contributed by atoms with E-state index in [4.69, 9.17) is 5.11 Å². The summed E-state index contributed by atoms with van der Waals surface area (Å²) in [6.45, 7) is 1.67. The molecule has 106 valence electrons. The van der Waals surface area contributed by atoms with Gasteiger partial charge in [-0.25, -0.2) is 17.5 Å². The highest BCUT2D eigenvalue weighted by Gasteiger charge is 2.16. The molecule has 2 N–H and O–H groups in total. The first-order chi connectivity index (χ1) is 8.78. The second-order valence-electron chi connectivity index (χ2n) is 4.31. The second-order valence-corrected chi connectivity index (χ2v) is 6.19. The Bertz CT molecular complexity index is 527. The Morgan fingerprint density at radius 3 is 2.47 bits per heavy atom. The number of benzene rings is 1. The van der Waals surface area contributed by atoms with Gasteiger partial charge in [0.25, 0.3) is 0 Å². The number of rotatable bonds is 7. The molecule has 0 aromatic heterocycles. The molecule has 0 bridgehead atoms. The van der Waals surface area contributed by atoms with Crippen LogP contribution in [0.4, 0.5) is 4.39 Å². The molecular formula is C12H16FNO4S. The SMILES string of the molecule is CC(Cc1ccc(F)cc1)NS(=O)(=O)CCC(=O)O. The maximum atomic E-state index is 12.7. The van der Waals surface area contributed by atoms with Crippen molar-refractivity contribution in [3.63, 3.8) is 0 Å². The van der Waals surface area contributed by atoms with Crippen molar-refractivity contribution in [3.05, 3.63) is 35.6 Å². The van der Waals surface area contributed by atoms with E-state index in [1.54, 1.807) is 19.1 Å². The van der Waals surface area contributed by atoms with E-state index in [1.165, 1.54) is 12.1 Å². The van der Waals surface area contributed by atoms with E-state index in [2.05, 4.69) is 4.72 Å². The van der Waals surface area contributed by atoms with Crippen LogP contribution in [-0.2, 0) is 21.2 Å². The Balaban J connectivity index is 2.52. The van der Waals surface area contributed by atoms with Gasteiger partial charge in [-0.05, 0) is 31.0 Å². The zero-order chi connectivity index (χ0) is 14.5. The number of hydrogen-bond donors (Lipinski definition) is 2. The fourth-order valence-electron chi connectivity index (χ4n) is 1.60. The molecule has 0 aliphatic heterocycles. The lowest BCUT2D eigenvalue weighted by molar-refractivity contribution is -0.136. The third-order valence-corrected chi connectivity index (χ3v) is 3.92. The summed E-state index contributed by atoms with van der Waals surface area (Å²) in [5.74, 6) is -1.95. The van der Waals surface area contributed by atoms with Gasteiger partial charge in [-0.15, -0.1) is 0 Å². The van der Waals surface area contributed by atoms with Crippen LogP contribution in [0.2, 0.25) is 0 Å². The summed E-state index contributed by atoms with van der Waals surface area (Å²) in [6, 6.07) is 5.39. The van der Waals surface area contributed by atoms with E-state index in [9.17, 15) is 17.6 Å². The van der Waals surface area contributed by atoms with Gasteiger partial charge in [0.15, 0.2) is 0 Å². The number of nitrogens with one attached hydrogen (secondary N) is 1. The van der Waals surface area contributed by atoms with Crippen LogP contribution >= 0.6 is 0 Å². The topological polar surface area (TPSA) is 83.5 Å². The molecule has 0 spiro atoms. The predicted molar refractivity (Wildman–Crippen MR) is 68.7 cm³/mol. The van der Waals surface area contributed by atoms with E-state index < -0.39 is 28.2 Å². The average Bonchev–Trinajstić information content (AvgIpc) is 2.29. The first-order valence-electron chi connectivity index (χ1n) is 5.75. The molecular weight excluding hydrogens is 273 g/mol. The first-order valence-corrected chi connectivity index (χ1v) is 7.40. The normalized spacial score (nSPS) is 13.2. The van der Waals surface area contributed by atoms with Crippen molar-refractivity contribution < 1.29 is 22.7 Å². The molecule has 0 aliphatic carbocycles. The van der Waals surface area contributed by atoms with Crippen molar-refractivity contribution in [1.82, 2.24) is 4.72 Å². The standard InChI is InChI=1S/C12H16FNO4S/c1-9(8-10-2-4-11(13)5-3-10)14-19(17,18)7-6-12(15)16/h2-5,9,14H,6-8H2,1H3,(H,15,16). The van der Waals surface area contributed by atoms with Crippen LogP contribution in [-0.4, -0.2) is 31.3 Å². The highest BCUT2D eigenvalue weighted by atomic mass is 32.2. The van der Waals surface area contributed by atoms with Crippen molar-refractivity contribution in [1.29, 1.82) is 0 Å². The van der Waals surface area contributed by atoms with Gasteiger partial charge in [0.2, 0.25) is 10.0 Å². The molecule has 5 nitrogen and oxygen atoms in total. The summed E-state index contributed by atoms with van der Waals surface area (Å²) in [4.78, 5) is 10.3. The number of carboxylic acids is 1. The number of halogens is 1. The van der Waals surface area contributed by atoms with Crippen LogP contribution in [0.25, 0.3) is 0 Å². The summed E-state index contributed by atoms with van der Waals surface area (Å²) in [7, 11) is -3.61. The fraction of sp³-hybridized carbons (Fsp3) is 0.417. The Kier molecular flexibility index (Phi) is 5.44. The molecule has 1 atom stereocenters. The van der Waals surface area contributed by atoms with Crippen LogP contribution in [0.1, 0.15) is 18.9 Å². The van der Waals surface area contributed by atoms with Gasteiger partial charge in [-0.1, -0.05) is 12.1 Å². The van der Waals surface area contributed by atoms with E-state index >= 15 is 0 Å². The Morgan fingerprint density at radius 1 is 1.37 bits per heavy atom. The Labute approximate surface area is 111 Å². The van der Waals surface area contributed by atoms with E-state index in [-0.39, 0.29) is 11.9 Å². The lowest BCUT2D eigenvalue weighted by Gasteiger charge is -2.13. The smallest absolute Gasteiger partial charge is 0.304 e. The molecule has 7 heteroatoms. The summed E-state index contributed by atoms with van der Waals surface area (Å²) in [6.07, 6.45) is -0.0226. The molecule has 1 unspecified atom stereocenters. The molecule has 0 radical (unpaired) electrons. The van der Waals surface area contributed by atoms with Crippen molar-refractivity contribution in [3.8, 4) is 0 Å². The quantitative estimate of drug-likeness (QED) is 0.788. The first kappa shape index (κ1) is 15.6. The summed E-state index contributed by atoms with van der Waals surface area (Å²) >= 11 is 0. The van der Waals surface area contributed by atoms with Gasteiger partial charge in [0.1, 0.15) is 5.82 Å². The minimum absolute atomic E-state index is 0.349. The fourth-order valence-corrected chi connectivity index (χ4v) is 2.86. The van der Waals surface area contributed by atoms with Gasteiger partial charge < -0.3 is 5.11 Å². The van der Waals surface area contributed by atoms with Crippen molar-refractivity contribution >= 4 is 16.0 Å². The molecule has 1 aromatic rings. The Hall–Kier alpha value is -1.47. The van der Waals surface area contributed by atoms with Crippen LogP contribution in [0, 0.1) is 5.82 Å². The van der Waals surface area contributed by atoms with Gasteiger partial charge in [0.05, 0.1) is 12.2 Å². The second kappa shape index (κ2) is 6.63. The molecule has 0 saturated heterocycles. The third kappa shape index (κ3) is 6.30. The summed E-state index contributed by atoms with van der Waals surface area (Å²) < 4.78 is 38.2. The zero-order valence-corrected chi connectivity index (χ0v) is 11.3. The highest BCUT2D eigenvalue weighted by Crippen LogP contribution is 2.06. The monoisotopic (exact) mass is 289 g/mol. The van der Waals surface area contributed by atoms with E-state index in [0.29, 0.717) is 6.42 Å². The van der Waals surface area contributed by atoms with Crippen LogP contribution in [0.5, 0.6) is 0 Å². The average molecular weight is 289 g/mol. The number of hydrogen-bond acceptors (Lipinski definition) is 3. The molecule has 0 saturated carbocycles. The van der Waals surface area contributed by atoms with Crippen LogP contribution in [0.3, 0.4) is 0 Å². The predicted octanol–water partition coefficient (Wildman–Crippen LogP) is 1.15. The van der Waals surface area contributed by atoms with Crippen molar-refractivity contribution in [2.24, 2.45) is 0 Å². The van der Waals surface area contributed by atoms with Gasteiger partial charge in [-0.3, -0.25) is 4.79 Å². The highest BCUT2D eigenvalue weighted by molar-refractivity contribution is 7.89. The molecule has 0 aliphatic rings. The van der Waals surface area contributed by atoms with Gasteiger partial charge in [-0.2, -0.15) is 0 Å². The van der Waals surface area contributed by atoms with Crippen LogP contribution in [0.15, 0.2) is 24.3 Å². The molecule has 1 aromatic carbocycles. The maximum absolute atomic E-state index is 12.7. The lowest BCUT2D eigenvalue weighted by Crippen LogP contribution is -2.36. The largest absolute Gasteiger partial charge is 0.481 e. The minimum atomic E-state index is -3.61. The maximum Gasteiger partial charge on any atom is 0.304 e. The number of sulfonamides is 1.